The molecule has 1 aliphatic rings. The molecule has 276 valence electrons. The van der Waals surface area contributed by atoms with Gasteiger partial charge in [0.15, 0.2) is 0 Å². The molecular formula is C44H54N2O6. The Balaban J connectivity index is 1.84. The molecule has 0 saturated carbocycles. The average Bonchev–Trinajstić information content (AvgIpc) is 3.09. The molecule has 0 fully saturated rings. The number of carbonyl (C=O) groups excluding carboxylic acids is 2. The first-order valence-electron chi connectivity index (χ1n) is 18.8. The lowest BCUT2D eigenvalue weighted by atomic mass is 9.90. The van der Waals surface area contributed by atoms with E-state index in [2.05, 4.69) is 74.7 Å². The van der Waals surface area contributed by atoms with Crippen LogP contribution in [0, 0.1) is 0 Å². The summed E-state index contributed by atoms with van der Waals surface area (Å²) < 4.78 is 26.4. The highest BCUT2D eigenvalue weighted by atomic mass is 16.5. The van der Waals surface area contributed by atoms with Gasteiger partial charge in [-0.05, 0) is 72.2 Å². The van der Waals surface area contributed by atoms with Crippen LogP contribution in [0.1, 0.15) is 112 Å². The average molecular weight is 707 g/mol. The zero-order valence-electron chi connectivity index (χ0n) is 31.7. The van der Waals surface area contributed by atoms with Crippen molar-refractivity contribution in [2.75, 3.05) is 37.1 Å². The van der Waals surface area contributed by atoms with Crippen molar-refractivity contribution >= 4 is 23.2 Å². The van der Waals surface area contributed by atoms with Crippen molar-refractivity contribution in [3.05, 3.63) is 105 Å². The maximum atomic E-state index is 12.4. The molecule has 0 saturated heterocycles. The summed E-state index contributed by atoms with van der Waals surface area (Å²) >= 11 is 0. The molecule has 0 spiro atoms. The van der Waals surface area contributed by atoms with E-state index in [0.717, 1.165) is 105 Å². The molecule has 0 atom stereocenters. The number of hydrogen-bond acceptors (Lipinski definition) is 6. The van der Waals surface area contributed by atoms with Gasteiger partial charge in [0.25, 0.3) is 0 Å². The number of nitrogens with one attached hydrogen (secondary N) is 2. The number of para-hydroxylation sites is 2. The van der Waals surface area contributed by atoms with E-state index in [0.29, 0.717) is 52.1 Å². The quantitative estimate of drug-likeness (QED) is 0.120. The van der Waals surface area contributed by atoms with Gasteiger partial charge in [-0.1, -0.05) is 64.1 Å². The minimum Gasteiger partial charge on any atom is -0.493 e. The third-order valence-electron chi connectivity index (χ3n) is 8.81. The Hall–Kier alpha value is -4.98. The molecule has 0 aromatic heterocycles. The van der Waals surface area contributed by atoms with Crippen LogP contribution in [-0.2, 0) is 35.3 Å². The molecule has 4 aromatic rings. The largest absolute Gasteiger partial charge is 0.493 e. The molecule has 0 unspecified atom stereocenters. The number of rotatable bonds is 14. The van der Waals surface area contributed by atoms with Crippen LogP contribution in [0.2, 0.25) is 0 Å². The van der Waals surface area contributed by atoms with E-state index in [1.165, 1.54) is 13.8 Å². The maximum Gasteiger partial charge on any atom is 0.221 e. The Bertz CT molecular complexity index is 1640. The van der Waals surface area contributed by atoms with Crippen molar-refractivity contribution in [3.8, 4) is 23.0 Å². The highest BCUT2D eigenvalue weighted by Gasteiger charge is 2.23. The molecule has 1 aliphatic carbocycles. The fourth-order valence-electron chi connectivity index (χ4n) is 6.80. The third-order valence-corrected chi connectivity index (χ3v) is 8.81. The van der Waals surface area contributed by atoms with E-state index in [9.17, 15) is 9.59 Å². The van der Waals surface area contributed by atoms with Crippen molar-refractivity contribution in [1.29, 1.82) is 0 Å². The molecule has 0 heterocycles. The summed E-state index contributed by atoms with van der Waals surface area (Å²) in [6.07, 6.45) is 5.54. The van der Waals surface area contributed by atoms with E-state index >= 15 is 0 Å². The summed E-state index contributed by atoms with van der Waals surface area (Å²) in [7, 11) is 0. The molecule has 8 bridgehead atoms. The minimum absolute atomic E-state index is 0.134. The highest BCUT2D eigenvalue weighted by Crippen LogP contribution is 2.41. The molecule has 8 heteroatoms. The van der Waals surface area contributed by atoms with E-state index in [4.69, 9.17) is 18.9 Å². The van der Waals surface area contributed by atoms with Crippen molar-refractivity contribution in [2.45, 2.75) is 92.9 Å². The van der Waals surface area contributed by atoms with Crippen molar-refractivity contribution in [2.24, 2.45) is 0 Å². The van der Waals surface area contributed by atoms with Gasteiger partial charge in [0, 0.05) is 73.2 Å². The second-order valence-corrected chi connectivity index (χ2v) is 13.5. The second kappa shape index (κ2) is 18.5. The van der Waals surface area contributed by atoms with E-state index in [-0.39, 0.29) is 11.8 Å². The van der Waals surface area contributed by atoms with Crippen LogP contribution in [0.5, 0.6) is 23.0 Å². The lowest BCUT2D eigenvalue weighted by Crippen LogP contribution is -2.12. The summed E-state index contributed by atoms with van der Waals surface area (Å²) in [6, 6.07) is 20.7. The number of carbonyl (C=O) groups is 2. The molecule has 4 aromatic carbocycles. The maximum absolute atomic E-state index is 12.4. The first kappa shape index (κ1) is 38.3. The van der Waals surface area contributed by atoms with Gasteiger partial charge >= 0.3 is 0 Å². The first-order valence-corrected chi connectivity index (χ1v) is 18.8. The van der Waals surface area contributed by atoms with Gasteiger partial charge in [-0.3, -0.25) is 9.59 Å². The van der Waals surface area contributed by atoms with E-state index < -0.39 is 0 Å². The van der Waals surface area contributed by atoms with Gasteiger partial charge in [0.1, 0.15) is 23.0 Å². The molecule has 0 radical (unpaired) electrons. The third kappa shape index (κ3) is 9.66. The number of amides is 2. The second-order valence-electron chi connectivity index (χ2n) is 13.5. The van der Waals surface area contributed by atoms with Gasteiger partial charge in [-0.15, -0.1) is 0 Å². The van der Waals surface area contributed by atoms with E-state index in [1.54, 1.807) is 0 Å². The summed E-state index contributed by atoms with van der Waals surface area (Å²) in [5.74, 6) is 3.04. The van der Waals surface area contributed by atoms with Crippen molar-refractivity contribution < 1.29 is 28.5 Å². The summed E-state index contributed by atoms with van der Waals surface area (Å²) in [4.78, 5) is 24.8. The fraction of sp³-hybridized carbons (Fsp3) is 0.409. The zero-order valence-corrected chi connectivity index (χ0v) is 31.7. The lowest BCUT2D eigenvalue weighted by Gasteiger charge is -2.24. The number of ether oxygens (including phenoxy) is 4. The molecule has 0 aliphatic heterocycles. The van der Waals surface area contributed by atoms with Crippen molar-refractivity contribution in [1.82, 2.24) is 0 Å². The van der Waals surface area contributed by atoms with Crippen LogP contribution in [0.25, 0.3) is 0 Å². The first-order chi connectivity index (χ1) is 25.2. The van der Waals surface area contributed by atoms with Crippen LogP contribution < -0.4 is 29.6 Å². The molecular weight excluding hydrogens is 652 g/mol. The summed E-state index contributed by atoms with van der Waals surface area (Å²) in [6.45, 7) is 13.7. The fourth-order valence-corrected chi connectivity index (χ4v) is 6.80. The summed E-state index contributed by atoms with van der Waals surface area (Å²) in [5, 5.41) is 6.09. The monoisotopic (exact) mass is 706 g/mol. The number of anilines is 2. The SMILES string of the molecule is CCCOc1c2cccc1Cc1cc(NC(C)=O)cc(c1OCCC)Cc1cccc(c1OCCC)Cc1cc(NC(C)=O)cc(c1OCCC)C2. The number of benzene rings is 4. The molecule has 2 amide bonds. The Morgan fingerprint density at radius 3 is 0.942 bits per heavy atom. The topological polar surface area (TPSA) is 95.1 Å². The number of hydrogen-bond donors (Lipinski definition) is 2. The van der Waals surface area contributed by atoms with Crippen LogP contribution in [0.15, 0.2) is 60.7 Å². The molecule has 2 N–H and O–H groups in total. The van der Waals surface area contributed by atoms with Gasteiger partial charge < -0.3 is 29.6 Å². The highest BCUT2D eigenvalue weighted by molar-refractivity contribution is 5.90. The number of fused-ring (bicyclic) bond motifs is 8. The lowest BCUT2D eigenvalue weighted by molar-refractivity contribution is -0.115. The minimum atomic E-state index is -0.134. The summed E-state index contributed by atoms with van der Waals surface area (Å²) in [5.41, 5.74) is 9.40. The van der Waals surface area contributed by atoms with Gasteiger partial charge in [-0.25, -0.2) is 0 Å². The van der Waals surface area contributed by atoms with Crippen LogP contribution in [-0.4, -0.2) is 38.2 Å². The Morgan fingerprint density at radius 1 is 0.462 bits per heavy atom. The Kier molecular flexibility index (Phi) is 13.6. The predicted molar refractivity (Wildman–Crippen MR) is 209 cm³/mol. The van der Waals surface area contributed by atoms with Crippen LogP contribution in [0.3, 0.4) is 0 Å². The zero-order chi connectivity index (χ0) is 37.0. The van der Waals surface area contributed by atoms with Gasteiger partial charge in [-0.2, -0.15) is 0 Å². The van der Waals surface area contributed by atoms with Gasteiger partial charge in [0.2, 0.25) is 11.8 Å². The predicted octanol–water partition coefficient (Wildman–Crippen LogP) is 9.44. The normalized spacial score (nSPS) is 12.1. The Labute approximate surface area is 309 Å². The molecule has 5 rings (SSSR count). The Morgan fingerprint density at radius 2 is 0.712 bits per heavy atom. The van der Waals surface area contributed by atoms with Gasteiger partial charge in [0.05, 0.1) is 26.4 Å². The van der Waals surface area contributed by atoms with E-state index in [1.807, 2.05) is 24.3 Å². The smallest absolute Gasteiger partial charge is 0.221 e. The standard InChI is InChI=1S/C44H54N2O6/c1-7-17-49-41-31-13-11-14-32(41)22-36-26-40(46-30(6)48)28-38(44(36)52-20-10-4)24-34-16-12-15-33(42(34)50-18-8-2)23-37-27-39(45-29(5)47)25-35(21-31)43(37)51-19-9-3/h11-16,25-28H,7-10,17-24H2,1-6H3,(H,45,47)(H,46,48). The molecule has 52 heavy (non-hydrogen) atoms. The van der Waals surface area contributed by atoms with Crippen LogP contribution >= 0.6 is 0 Å². The van der Waals surface area contributed by atoms with Crippen molar-refractivity contribution in [3.63, 3.8) is 0 Å². The van der Waals surface area contributed by atoms with Crippen LogP contribution in [0.4, 0.5) is 11.4 Å². The molecule has 8 nitrogen and oxygen atoms in total.